The molecule has 4 N–H and O–H groups in total. The molecule has 3 atom stereocenters. The lowest BCUT2D eigenvalue weighted by Crippen LogP contribution is -2.45. The van der Waals surface area contributed by atoms with Crippen LogP contribution in [-0.2, 0) is 27.8 Å². The number of aryl methyl sites for hydroxylation is 1. The number of hydrogen-bond acceptors (Lipinski definition) is 7. The van der Waals surface area contributed by atoms with E-state index in [1.54, 1.807) is 15.5 Å². The molecule has 208 valence electrons. The smallest absolute Gasteiger partial charge is 0.264 e. The highest BCUT2D eigenvalue weighted by atomic mass is 32.2. The van der Waals surface area contributed by atoms with Crippen molar-refractivity contribution in [2.45, 2.75) is 62.4 Å². The van der Waals surface area contributed by atoms with Crippen LogP contribution in [0.15, 0.2) is 42.6 Å². The first kappa shape index (κ1) is 27.8. The second-order valence-electron chi connectivity index (χ2n) is 10.6. The first-order chi connectivity index (χ1) is 18.9. The van der Waals surface area contributed by atoms with Crippen LogP contribution in [0.4, 0.5) is 0 Å². The van der Waals surface area contributed by atoms with Crippen LogP contribution in [0.1, 0.15) is 51.4 Å². The zero-order valence-electron chi connectivity index (χ0n) is 22.0. The number of rotatable bonds is 9. The molecule has 2 radical (unpaired) electrons. The SMILES string of the molecule is [B][C@@H]1C[C@H](C(O)Cc2cccc(C)n2)N(C(=O)Cn2cc(C(N)=O)c3cc(C(=O)NS(=O)(=O)C4CC4)ccc32)C1. The van der Waals surface area contributed by atoms with E-state index in [1.807, 2.05) is 25.1 Å². The summed E-state index contributed by atoms with van der Waals surface area (Å²) in [6.45, 7) is 1.97. The number of carbonyl (C=O) groups excluding carboxylic acids is 3. The number of hydrogen-bond donors (Lipinski definition) is 3. The lowest BCUT2D eigenvalue weighted by molar-refractivity contribution is -0.134. The van der Waals surface area contributed by atoms with Crippen molar-refractivity contribution in [3.05, 3.63) is 65.1 Å². The normalized spacial score (nSPS) is 20.0. The van der Waals surface area contributed by atoms with Gasteiger partial charge in [-0.1, -0.05) is 11.9 Å². The Balaban J connectivity index is 1.37. The van der Waals surface area contributed by atoms with Crippen molar-refractivity contribution >= 4 is 46.5 Å². The lowest BCUT2D eigenvalue weighted by atomic mass is 9.84. The van der Waals surface area contributed by atoms with Gasteiger partial charge in [-0.3, -0.25) is 19.4 Å². The fourth-order valence-corrected chi connectivity index (χ4v) is 6.57. The Morgan fingerprint density at radius 2 is 1.98 bits per heavy atom. The fraction of sp³-hybridized carbons (Fsp3) is 0.407. The van der Waals surface area contributed by atoms with E-state index in [9.17, 15) is 27.9 Å². The number of carbonyl (C=O) groups is 3. The summed E-state index contributed by atoms with van der Waals surface area (Å²) < 4.78 is 28.0. The van der Waals surface area contributed by atoms with Crippen LogP contribution >= 0.6 is 0 Å². The van der Waals surface area contributed by atoms with Gasteiger partial charge in [-0.05, 0) is 56.5 Å². The molecule has 2 aromatic heterocycles. The van der Waals surface area contributed by atoms with Gasteiger partial charge in [0.05, 0.1) is 30.8 Å². The standard InChI is InChI=1S/C27H30BN5O6S/c1-15-3-2-4-18(30-15)11-24(34)23-10-17(28)12-33(23)25(35)14-32-13-21(26(29)36)20-9-16(5-8-22(20)32)27(37)31-40(38,39)19-6-7-19/h2-5,8-9,13,17,19,23-24,34H,6-7,10-12,14H2,1H3,(H2,29,36)(H,31,37)/t17-,23-,24?/m1/s1. The third-order valence-corrected chi connectivity index (χ3v) is 9.24. The Hall–Kier alpha value is -3.71. The predicted octanol–water partition coefficient (Wildman–Crippen LogP) is 0.827. The van der Waals surface area contributed by atoms with Crippen molar-refractivity contribution in [3.8, 4) is 0 Å². The zero-order chi connectivity index (χ0) is 28.8. The van der Waals surface area contributed by atoms with Crippen LogP contribution in [0.25, 0.3) is 10.9 Å². The maximum absolute atomic E-state index is 13.5. The number of nitrogens with one attached hydrogen (secondary N) is 1. The van der Waals surface area contributed by atoms with E-state index < -0.39 is 39.2 Å². The molecule has 1 saturated carbocycles. The van der Waals surface area contributed by atoms with E-state index in [2.05, 4.69) is 9.71 Å². The minimum Gasteiger partial charge on any atom is -0.391 e. The van der Waals surface area contributed by atoms with Crippen molar-refractivity contribution in [3.63, 3.8) is 0 Å². The zero-order valence-corrected chi connectivity index (χ0v) is 22.8. The molecule has 40 heavy (non-hydrogen) atoms. The molecule has 3 heterocycles. The average Bonchev–Trinajstić information content (AvgIpc) is 3.60. The number of amides is 3. The Labute approximate surface area is 233 Å². The van der Waals surface area contributed by atoms with Gasteiger partial charge in [-0.25, -0.2) is 13.1 Å². The molecule has 2 aliphatic rings. The lowest BCUT2D eigenvalue weighted by Gasteiger charge is -2.29. The van der Waals surface area contributed by atoms with E-state index >= 15 is 0 Å². The number of nitrogens with zero attached hydrogens (tertiary/aromatic N) is 3. The Kier molecular flexibility index (Phi) is 7.45. The first-order valence-electron chi connectivity index (χ1n) is 13.1. The molecular weight excluding hydrogens is 533 g/mol. The Morgan fingerprint density at radius 1 is 1.23 bits per heavy atom. The maximum Gasteiger partial charge on any atom is 0.264 e. The van der Waals surface area contributed by atoms with Gasteiger partial charge in [0, 0.05) is 47.0 Å². The summed E-state index contributed by atoms with van der Waals surface area (Å²) in [5.41, 5.74) is 7.73. The second kappa shape index (κ2) is 10.7. The summed E-state index contributed by atoms with van der Waals surface area (Å²) in [4.78, 5) is 44.3. The predicted molar refractivity (Wildman–Crippen MR) is 148 cm³/mol. The summed E-state index contributed by atoms with van der Waals surface area (Å²) >= 11 is 0. The van der Waals surface area contributed by atoms with Crippen molar-refractivity contribution in [1.29, 1.82) is 0 Å². The van der Waals surface area contributed by atoms with E-state index in [0.717, 1.165) is 5.69 Å². The molecule has 1 unspecified atom stereocenters. The molecule has 11 nitrogen and oxygen atoms in total. The van der Waals surface area contributed by atoms with Gasteiger partial charge >= 0.3 is 0 Å². The van der Waals surface area contributed by atoms with Crippen LogP contribution < -0.4 is 10.5 Å². The number of aromatic nitrogens is 2. The maximum atomic E-state index is 13.5. The monoisotopic (exact) mass is 563 g/mol. The molecule has 1 aliphatic carbocycles. The number of sulfonamides is 1. The minimum atomic E-state index is -3.75. The number of aliphatic hydroxyl groups excluding tert-OH is 1. The van der Waals surface area contributed by atoms with E-state index in [4.69, 9.17) is 13.6 Å². The summed E-state index contributed by atoms with van der Waals surface area (Å²) in [7, 11) is 2.42. The molecule has 3 aromatic rings. The number of aliphatic hydroxyl groups is 1. The summed E-state index contributed by atoms with van der Waals surface area (Å²) in [5.74, 6) is -2.18. The molecule has 0 spiro atoms. The van der Waals surface area contributed by atoms with Gasteiger partial charge < -0.3 is 20.3 Å². The van der Waals surface area contributed by atoms with E-state index in [0.29, 0.717) is 35.9 Å². The second-order valence-corrected chi connectivity index (χ2v) is 12.6. The van der Waals surface area contributed by atoms with Gasteiger partial charge in [-0.2, -0.15) is 0 Å². The number of primary amides is 1. The molecule has 5 rings (SSSR count). The number of likely N-dealkylation sites (tertiary alicyclic amines) is 1. The third-order valence-electron chi connectivity index (χ3n) is 7.42. The highest BCUT2D eigenvalue weighted by molar-refractivity contribution is 7.91. The molecule has 1 aliphatic heterocycles. The van der Waals surface area contributed by atoms with Crippen LogP contribution in [0.3, 0.4) is 0 Å². The fourth-order valence-electron chi connectivity index (χ4n) is 5.27. The van der Waals surface area contributed by atoms with Crippen molar-refractivity contribution in [2.75, 3.05) is 6.54 Å². The minimum absolute atomic E-state index is 0.0433. The van der Waals surface area contributed by atoms with Crippen molar-refractivity contribution in [1.82, 2.24) is 19.2 Å². The number of benzene rings is 1. The van der Waals surface area contributed by atoms with Crippen molar-refractivity contribution < 1.29 is 27.9 Å². The largest absolute Gasteiger partial charge is 0.391 e. The van der Waals surface area contributed by atoms with Crippen LogP contribution in [-0.4, -0.2) is 77.5 Å². The van der Waals surface area contributed by atoms with E-state index in [1.165, 1.54) is 18.3 Å². The highest BCUT2D eigenvalue weighted by Crippen LogP contribution is 2.31. The van der Waals surface area contributed by atoms with Crippen LogP contribution in [0.5, 0.6) is 0 Å². The number of fused-ring (bicyclic) bond motifs is 1. The van der Waals surface area contributed by atoms with Crippen LogP contribution in [0, 0.1) is 6.92 Å². The molecule has 0 bridgehead atoms. The van der Waals surface area contributed by atoms with Gasteiger partial charge in [0.15, 0.2) is 0 Å². The summed E-state index contributed by atoms with van der Waals surface area (Å²) in [5, 5.41) is 10.8. The number of nitrogens with two attached hydrogens (primary N) is 1. The quantitative estimate of drug-likeness (QED) is 0.325. The van der Waals surface area contributed by atoms with Crippen molar-refractivity contribution in [2.24, 2.45) is 5.73 Å². The Morgan fingerprint density at radius 3 is 2.65 bits per heavy atom. The number of pyridine rings is 1. The average molecular weight is 563 g/mol. The third kappa shape index (κ3) is 5.75. The first-order valence-corrected chi connectivity index (χ1v) is 14.6. The Bertz CT molecular complexity index is 1600. The van der Waals surface area contributed by atoms with E-state index in [-0.39, 0.29) is 42.4 Å². The molecule has 1 aromatic carbocycles. The topological polar surface area (TPSA) is 165 Å². The van der Waals surface area contributed by atoms with Gasteiger partial charge in [0.25, 0.3) is 11.8 Å². The van der Waals surface area contributed by atoms with Gasteiger partial charge in [-0.15, -0.1) is 0 Å². The molecule has 2 fully saturated rings. The summed E-state index contributed by atoms with van der Waals surface area (Å²) in [6, 6.07) is 9.40. The summed E-state index contributed by atoms with van der Waals surface area (Å²) in [6.07, 6.45) is 2.27. The van der Waals surface area contributed by atoms with Crippen LogP contribution in [0.2, 0.25) is 5.82 Å². The van der Waals surface area contributed by atoms with Gasteiger partial charge in [0.1, 0.15) is 6.54 Å². The molecule has 3 amide bonds. The van der Waals surface area contributed by atoms with Gasteiger partial charge in [0.2, 0.25) is 15.9 Å². The highest BCUT2D eigenvalue weighted by Gasteiger charge is 2.38. The molecular formula is C27H30BN5O6S. The molecule has 13 heteroatoms. The molecule has 1 saturated heterocycles.